The van der Waals surface area contributed by atoms with Crippen LogP contribution in [0.3, 0.4) is 0 Å². The Morgan fingerprint density at radius 2 is 0.825 bits per heavy atom. The first-order chi connectivity index (χ1) is 27.6. The molecule has 3 rings (SSSR count). The number of unbranched alkanes of at least 4 members (excludes halogenated alkanes) is 8. The molecule has 0 saturated carbocycles. The summed E-state index contributed by atoms with van der Waals surface area (Å²) >= 11 is 0. The van der Waals surface area contributed by atoms with Crippen LogP contribution < -0.4 is 18.9 Å². The van der Waals surface area contributed by atoms with Crippen molar-refractivity contribution in [2.45, 2.75) is 71.1 Å². The van der Waals surface area contributed by atoms with Gasteiger partial charge in [0.2, 0.25) is 0 Å². The van der Waals surface area contributed by atoms with Gasteiger partial charge in [-0.15, -0.1) is 0 Å². The summed E-state index contributed by atoms with van der Waals surface area (Å²) in [4.78, 5) is 71.6. The maximum Gasteiger partial charge on any atom is 0.513 e. The Bertz CT molecular complexity index is 1800. The minimum absolute atomic E-state index is 0.190. The van der Waals surface area contributed by atoms with Crippen LogP contribution in [0.4, 0.5) is 9.59 Å². The van der Waals surface area contributed by atoms with Crippen LogP contribution >= 0.6 is 0 Å². The maximum absolute atomic E-state index is 12.8. The zero-order valence-corrected chi connectivity index (χ0v) is 32.0. The Morgan fingerprint density at radius 3 is 1.23 bits per heavy atom. The first-order valence-corrected chi connectivity index (χ1v) is 18.6. The van der Waals surface area contributed by atoms with E-state index in [0.717, 1.165) is 63.5 Å². The third-order valence-electron chi connectivity index (χ3n) is 7.98. The molecule has 304 valence electrons. The van der Waals surface area contributed by atoms with Crippen molar-refractivity contribution in [3.8, 4) is 23.0 Å². The molecule has 0 aliphatic heterocycles. The van der Waals surface area contributed by atoms with E-state index in [1.165, 1.54) is 60.7 Å². The molecule has 0 atom stereocenters. The molecular formula is C43H48O14. The zero-order valence-electron chi connectivity index (χ0n) is 32.0. The third-order valence-corrected chi connectivity index (χ3v) is 7.98. The topological polar surface area (TPSA) is 176 Å². The lowest BCUT2D eigenvalue weighted by Gasteiger charge is -2.11. The Kier molecular flexibility index (Phi) is 20.2. The Morgan fingerprint density at radius 1 is 0.456 bits per heavy atom. The van der Waals surface area contributed by atoms with Crippen molar-refractivity contribution in [3.63, 3.8) is 0 Å². The van der Waals surface area contributed by atoms with Gasteiger partial charge in [0.15, 0.2) is 0 Å². The first kappa shape index (κ1) is 45.0. The molecule has 3 aromatic carbocycles. The second kappa shape index (κ2) is 25.6. The van der Waals surface area contributed by atoms with Gasteiger partial charge in [-0.25, -0.2) is 28.8 Å². The van der Waals surface area contributed by atoms with Crippen molar-refractivity contribution in [2.75, 3.05) is 26.4 Å². The fourth-order valence-electron chi connectivity index (χ4n) is 4.94. The zero-order chi connectivity index (χ0) is 41.3. The van der Waals surface area contributed by atoms with Crippen LogP contribution in [0.25, 0.3) is 0 Å². The van der Waals surface area contributed by atoms with Gasteiger partial charge in [0.25, 0.3) is 0 Å². The molecule has 0 radical (unpaired) electrons. The summed E-state index contributed by atoms with van der Waals surface area (Å²) in [6.45, 7) is 9.45. The van der Waals surface area contributed by atoms with E-state index in [2.05, 4.69) is 13.2 Å². The fraction of sp³-hybridized carbons (Fsp3) is 0.349. The molecule has 0 saturated heterocycles. The molecular weight excluding hydrogens is 740 g/mol. The minimum Gasteiger partial charge on any atom is -0.463 e. The fourth-order valence-corrected chi connectivity index (χ4v) is 4.94. The van der Waals surface area contributed by atoms with Crippen LogP contribution in [-0.4, -0.2) is 62.6 Å². The van der Waals surface area contributed by atoms with E-state index in [1.54, 1.807) is 13.0 Å². The van der Waals surface area contributed by atoms with E-state index >= 15 is 0 Å². The molecule has 0 N–H and O–H groups in total. The second-order valence-corrected chi connectivity index (χ2v) is 12.4. The van der Waals surface area contributed by atoms with Gasteiger partial charge >= 0.3 is 36.2 Å². The predicted molar refractivity (Wildman–Crippen MR) is 206 cm³/mol. The molecule has 0 unspecified atom stereocenters. The molecule has 0 heterocycles. The van der Waals surface area contributed by atoms with Crippen molar-refractivity contribution in [3.05, 3.63) is 109 Å². The van der Waals surface area contributed by atoms with Crippen LogP contribution in [0.5, 0.6) is 23.0 Å². The number of carbonyl (C=O) groups excluding carboxylic acids is 6. The van der Waals surface area contributed by atoms with Crippen LogP contribution in [0, 0.1) is 6.92 Å². The van der Waals surface area contributed by atoms with Crippen molar-refractivity contribution >= 4 is 36.2 Å². The number of ether oxygens (including phenoxy) is 8. The molecule has 3 aromatic rings. The smallest absolute Gasteiger partial charge is 0.463 e. The SMILES string of the molecule is C=CC(=O)OCCCCCCCOC(=O)Oc1ccc(C(=O)Oc2ccc(OC(=O)c3ccc(OC(=O)OCCCCCCCOC(=O)C=C)cc3)c(C)c2)cc1. The van der Waals surface area contributed by atoms with Gasteiger partial charge in [-0.3, -0.25) is 0 Å². The summed E-state index contributed by atoms with van der Waals surface area (Å²) in [5, 5.41) is 0. The number of hydrogen-bond donors (Lipinski definition) is 0. The average molecular weight is 789 g/mol. The van der Waals surface area contributed by atoms with E-state index in [4.69, 9.17) is 37.9 Å². The Balaban J connectivity index is 1.33. The third kappa shape index (κ3) is 18.2. The maximum atomic E-state index is 12.8. The minimum atomic E-state index is -0.861. The molecule has 14 nitrogen and oxygen atoms in total. The summed E-state index contributed by atoms with van der Waals surface area (Å²) in [5.74, 6) is -1.34. The standard InChI is InChI=1S/C43H48O14/c1-4-38(44)50-26-12-8-6-10-14-28-52-42(48)55-34-20-16-32(17-21-34)40(46)54-36-24-25-37(31(3)30-36)57-41(47)33-18-22-35(23-19-33)56-43(49)53-29-15-11-7-9-13-27-51-39(45)5-2/h4-5,16-25,30H,1-2,6-15,26-29H2,3H3. The highest BCUT2D eigenvalue weighted by Crippen LogP contribution is 2.26. The average Bonchev–Trinajstić information content (AvgIpc) is 3.20. The van der Waals surface area contributed by atoms with E-state index in [0.29, 0.717) is 31.6 Å². The quantitative estimate of drug-likeness (QED) is 0.0210. The van der Waals surface area contributed by atoms with Crippen molar-refractivity contribution in [1.29, 1.82) is 0 Å². The lowest BCUT2D eigenvalue weighted by Crippen LogP contribution is -2.13. The van der Waals surface area contributed by atoms with Gasteiger partial charge in [-0.1, -0.05) is 51.7 Å². The lowest BCUT2D eigenvalue weighted by atomic mass is 10.1. The number of hydrogen-bond acceptors (Lipinski definition) is 14. The molecule has 0 bridgehead atoms. The monoisotopic (exact) mass is 788 g/mol. The number of carbonyl (C=O) groups is 6. The van der Waals surface area contributed by atoms with E-state index in [1.807, 2.05) is 0 Å². The molecule has 0 aromatic heterocycles. The van der Waals surface area contributed by atoms with Crippen LogP contribution in [0.2, 0.25) is 0 Å². The number of aryl methyl sites for hydroxylation is 1. The van der Waals surface area contributed by atoms with Crippen molar-refractivity contribution in [1.82, 2.24) is 0 Å². The number of rotatable bonds is 24. The molecule has 0 spiro atoms. The summed E-state index contributed by atoms with van der Waals surface area (Å²) in [6, 6.07) is 16.1. The lowest BCUT2D eigenvalue weighted by molar-refractivity contribution is -0.138. The second-order valence-electron chi connectivity index (χ2n) is 12.4. The van der Waals surface area contributed by atoms with E-state index < -0.39 is 36.2 Å². The molecule has 0 aliphatic rings. The van der Waals surface area contributed by atoms with Crippen molar-refractivity contribution in [2.24, 2.45) is 0 Å². The molecule has 14 heteroatoms. The largest absolute Gasteiger partial charge is 0.513 e. The van der Waals surface area contributed by atoms with Crippen LogP contribution in [-0.2, 0) is 28.5 Å². The van der Waals surface area contributed by atoms with Gasteiger partial charge in [-0.2, -0.15) is 0 Å². The first-order valence-electron chi connectivity index (χ1n) is 18.6. The van der Waals surface area contributed by atoms with Gasteiger partial charge in [-0.05, 0) is 105 Å². The van der Waals surface area contributed by atoms with Gasteiger partial charge in [0.05, 0.1) is 37.6 Å². The molecule has 0 aliphatic carbocycles. The van der Waals surface area contributed by atoms with Crippen LogP contribution in [0.15, 0.2) is 92.0 Å². The van der Waals surface area contributed by atoms with Gasteiger partial charge in [0.1, 0.15) is 23.0 Å². The summed E-state index contributed by atoms with van der Waals surface area (Å²) in [6.07, 6.45) is 8.59. The van der Waals surface area contributed by atoms with Crippen LogP contribution in [0.1, 0.15) is 90.5 Å². The number of benzene rings is 3. The predicted octanol–water partition coefficient (Wildman–Crippen LogP) is 8.82. The van der Waals surface area contributed by atoms with Gasteiger partial charge < -0.3 is 37.9 Å². The highest BCUT2D eigenvalue weighted by molar-refractivity contribution is 5.92. The summed E-state index contributed by atoms with van der Waals surface area (Å²) in [7, 11) is 0. The Hall–Kier alpha value is -6.44. The van der Waals surface area contributed by atoms with E-state index in [9.17, 15) is 28.8 Å². The molecule has 0 fully saturated rings. The normalized spacial score (nSPS) is 10.3. The summed E-state index contributed by atoms with van der Waals surface area (Å²) in [5.41, 5.74) is 0.941. The highest BCUT2D eigenvalue weighted by atomic mass is 16.7. The number of esters is 4. The summed E-state index contributed by atoms with van der Waals surface area (Å²) < 4.78 is 41.4. The molecule has 57 heavy (non-hydrogen) atoms. The van der Waals surface area contributed by atoms with Crippen molar-refractivity contribution < 1.29 is 66.7 Å². The van der Waals surface area contributed by atoms with Gasteiger partial charge in [0, 0.05) is 12.2 Å². The van der Waals surface area contributed by atoms with E-state index in [-0.39, 0.29) is 47.3 Å². The highest BCUT2D eigenvalue weighted by Gasteiger charge is 2.15. The Labute approximate surface area is 331 Å². The molecule has 0 amide bonds.